The summed E-state index contributed by atoms with van der Waals surface area (Å²) in [6.07, 6.45) is 0. The highest BCUT2D eigenvalue weighted by molar-refractivity contribution is 5.94. The van der Waals surface area contributed by atoms with Crippen LogP contribution >= 0.6 is 0 Å². The van der Waals surface area contributed by atoms with Crippen molar-refractivity contribution < 1.29 is 9.59 Å². The summed E-state index contributed by atoms with van der Waals surface area (Å²) in [5.41, 5.74) is 3.93. The first-order chi connectivity index (χ1) is 11.0. The number of aryl methyl sites for hydroxylation is 1. The number of nitrogens with one attached hydrogen (secondary N) is 1. The Labute approximate surface area is 137 Å². The molecule has 0 aliphatic carbocycles. The second-order valence-electron chi connectivity index (χ2n) is 5.75. The van der Waals surface area contributed by atoms with Crippen molar-refractivity contribution in [3.8, 4) is 0 Å². The van der Waals surface area contributed by atoms with Gasteiger partial charge >= 0.3 is 0 Å². The van der Waals surface area contributed by atoms with E-state index in [0.717, 1.165) is 11.1 Å². The van der Waals surface area contributed by atoms with Crippen LogP contribution in [0.4, 0.5) is 0 Å². The highest BCUT2D eigenvalue weighted by Gasteiger charge is 2.12. The number of benzene rings is 2. The molecule has 2 amide bonds. The van der Waals surface area contributed by atoms with Gasteiger partial charge in [0, 0.05) is 32.6 Å². The monoisotopic (exact) mass is 310 g/mol. The van der Waals surface area contributed by atoms with Crippen LogP contribution in [0.3, 0.4) is 0 Å². The summed E-state index contributed by atoms with van der Waals surface area (Å²) < 4.78 is 0. The number of amides is 2. The molecule has 0 spiro atoms. The quantitative estimate of drug-likeness (QED) is 0.923. The average Bonchev–Trinajstić information content (AvgIpc) is 2.55. The van der Waals surface area contributed by atoms with E-state index in [2.05, 4.69) is 5.32 Å². The Morgan fingerprint density at radius 1 is 0.957 bits per heavy atom. The summed E-state index contributed by atoms with van der Waals surface area (Å²) in [5.74, 6) is -0.0837. The molecule has 2 aromatic rings. The highest BCUT2D eigenvalue weighted by atomic mass is 16.2. The lowest BCUT2D eigenvalue weighted by Gasteiger charge is -2.17. The minimum Gasteiger partial charge on any atom is -0.352 e. The van der Waals surface area contributed by atoms with E-state index in [1.807, 2.05) is 43.3 Å². The topological polar surface area (TPSA) is 49.4 Å². The summed E-state index contributed by atoms with van der Waals surface area (Å²) in [4.78, 5) is 25.1. The van der Waals surface area contributed by atoms with E-state index in [9.17, 15) is 9.59 Å². The highest BCUT2D eigenvalue weighted by Crippen LogP contribution is 2.11. The molecule has 1 N–H and O–H groups in total. The van der Waals surface area contributed by atoms with Gasteiger partial charge in [-0.3, -0.25) is 9.59 Å². The molecule has 2 aromatic carbocycles. The number of carbonyl (C=O) groups excluding carboxylic acids is 2. The zero-order chi connectivity index (χ0) is 16.8. The fraction of sp³-hybridized carbons (Fsp3) is 0.263. The third kappa shape index (κ3) is 4.95. The van der Waals surface area contributed by atoms with Gasteiger partial charge < -0.3 is 10.2 Å². The Morgan fingerprint density at radius 3 is 2.09 bits per heavy atom. The van der Waals surface area contributed by atoms with Crippen LogP contribution < -0.4 is 5.32 Å². The lowest BCUT2D eigenvalue weighted by atomic mass is 10.1. The third-order valence-corrected chi connectivity index (χ3v) is 3.63. The molecule has 120 valence electrons. The standard InChI is InChI=1S/C19H22N2O2/c1-14-4-6-17(7-5-14)13-21(3)19(23)18-10-8-16(9-11-18)12-20-15(2)22/h4-11H,12-13H2,1-3H3,(H,20,22). The molecule has 0 aromatic heterocycles. The lowest BCUT2D eigenvalue weighted by Crippen LogP contribution is -2.26. The Morgan fingerprint density at radius 2 is 1.52 bits per heavy atom. The van der Waals surface area contributed by atoms with Gasteiger partial charge in [0.2, 0.25) is 5.91 Å². The molecule has 0 atom stereocenters. The second kappa shape index (κ2) is 7.58. The van der Waals surface area contributed by atoms with E-state index in [1.165, 1.54) is 12.5 Å². The average molecular weight is 310 g/mol. The van der Waals surface area contributed by atoms with Gasteiger partial charge in [0.15, 0.2) is 0 Å². The third-order valence-electron chi connectivity index (χ3n) is 3.63. The second-order valence-corrected chi connectivity index (χ2v) is 5.75. The first-order valence-electron chi connectivity index (χ1n) is 7.60. The fourth-order valence-electron chi connectivity index (χ4n) is 2.25. The van der Waals surface area contributed by atoms with E-state index in [0.29, 0.717) is 18.7 Å². The fourth-order valence-corrected chi connectivity index (χ4v) is 2.25. The molecule has 0 aliphatic heterocycles. The summed E-state index contributed by atoms with van der Waals surface area (Å²) in [5, 5.41) is 2.74. The Hall–Kier alpha value is -2.62. The van der Waals surface area contributed by atoms with Crippen molar-refractivity contribution in [2.24, 2.45) is 0 Å². The van der Waals surface area contributed by atoms with Crippen molar-refractivity contribution >= 4 is 11.8 Å². The van der Waals surface area contributed by atoms with Crippen molar-refractivity contribution in [3.05, 3.63) is 70.8 Å². The normalized spacial score (nSPS) is 10.2. The molecule has 2 rings (SSSR count). The molecule has 4 heteroatoms. The van der Waals surface area contributed by atoms with Crippen LogP contribution in [0.25, 0.3) is 0 Å². The molecule has 0 radical (unpaired) electrons. The van der Waals surface area contributed by atoms with Gasteiger partial charge in [-0.1, -0.05) is 42.0 Å². The van der Waals surface area contributed by atoms with E-state index in [4.69, 9.17) is 0 Å². The Bertz CT molecular complexity index is 676. The maximum Gasteiger partial charge on any atom is 0.253 e. The molecular formula is C19H22N2O2. The van der Waals surface area contributed by atoms with Crippen molar-refractivity contribution in [1.29, 1.82) is 0 Å². The maximum atomic E-state index is 12.4. The summed E-state index contributed by atoms with van der Waals surface area (Å²) >= 11 is 0. The Kier molecular flexibility index (Phi) is 5.52. The number of hydrogen-bond acceptors (Lipinski definition) is 2. The number of nitrogens with zero attached hydrogens (tertiary/aromatic N) is 1. The van der Waals surface area contributed by atoms with Gasteiger partial charge in [-0.15, -0.1) is 0 Å². The number of carbonyl (C=O) groups is 2. The molecule has 0 saturated heterocycles. The number of hydrogen-bond donors (Lipinski definition) is 1. The summed E-state index contributed by atoms with van der Waals surface area (Å²) in [6, 6.07) is 15.5. The maximum absolute atomic E-state index is 12.4. The minimum absolute atomic E-state index is 0.0170. The van der Waals surface area contributed by atoms with Gasteiger partial charge in [0.1, 0.15) is 0 Å². The van der Waals surface area contributed by atoms with Crippen molar-refractivity contribution in [2.75, 3.05) is 7.05 Å². The summed E-state index contributed by atoms with van der Waals surface area (Å²) in [7, 11) is 1.80. The van der Waals surface area contributed by atoms with Crippen molar-refractivity contribution in [3.63, 3.8) is 0 Å². The number of rotatable bonds is 5. The SMILES string of the molecule is CC(=O)NCc1ccc(C(=O)N(C)Cc2ccc(C)cc2)cc1. The first-order valence-corrected chi connectivity index (χ1v) is 7.60. The van der Waals surface area contributed by atoms with Crippen LogP contribution in [0, 0.1) is 6.92 Å². The van der Waals surface area contributed by atoms with E-state index < -0.39 is 0 Å². The lowest BCUT2D eigenvalue weighted by molar-refractivity contribution is -0.119. The van der Waals surface area contributed by atoms with Gasteiger partial charge in [0.25, 0.3) is 5.91 Å². The van der Waals surface area contributed by atoms with Gasteiger partial charge in [-0.2, -0.15) is 0 Å². The van der Waals surface area contributed by atoms with Crippen LogP contribution in [0.2, 0.25) is 0 Å². The van der Waals surface area contributed by atoms with Crippen LogP contribution in [-0.2, 0) is 17.9 Å². The van der Waals surface area contributed by atoms with Gasteiger partial charge in [0.05, 0.1) is 0 Å². The largest absolute Gasteiger partial charge is 0.352 e. The van der Waals surface area contributed by atoms with Gasteiger partial charge in [-0.25, -0.2) is 0 Å². The molecule has 0 aliphatic rings. The van der Waals surface area contributed by atoms with E-state index in [1.54, 1.807) is 24.1 Å². The molecular weight excluding hydrogens is 288 g/mol. The van der Waals surface area contributed by atoms with E-state index >= 15 is 0 Å². The molecule has 4 nitrogen and oxygen atoms in total. The zero-order valence-electron chi connectivity index (χ0n) is 13.8. The predicted octanol–water partition coefficient (Wildman–Crippen LogP) is 2.90. The molecule has 0 fully saturated rings. The minimum atomic E-state index is -0.0667. The Balaban J connectivity index is 1.98. The first kappa shape index (κ1) is 16.7. The van der Waals surface area contributed by atoms with E-state index in [-0.39, 0.29) is 11.8 Å². The zero-order valence-corrected chi connectivity index (χ0v) is 13.8. The van der Waals surface area contributed by atoms with Crippen molar-refractivity contribution in [1.82, 2.24) is 10.2 Å². The molecule has 23 heavy (non-hydrogen) atoms. The molecule has 0 heterocycles. The molecule has 0 unspecified atom stereocenters. The van der Waals surface area contributed by atoms with Crippen LogP contribution in [-0.4, -0.2) is 23.8 Å². The predicted molar refractivity (Wildman–Crippen MR) is 90.9 cm³/mol. The van der Waals surface area contributed by atoms with Crippen LogP contribution in [0.1, 0.15) is 34.0 Å². The van der Waals surface area contributed by atoms with Gasteiger partial charge in [-0.05, 0) is 30.2 Å². The van der Waals surface area contributed by atoms with Crippen LogP contribution in [0.15, 0.2) is 48.5 Å². The molecule has 0 bridgehead atoms. The van der Waals surface area contributed by atoms with Crippen LogP contribution in [0.5, 0.6) is 0 Å². The van der Waals surface area contributed by atoms with Crippen molar-refractivity contribution in [2.45, 2.75) is 26.9 Å². The molecule has 0 saturated carbocycles. The smallest absolute Gasteiger partial charge is 0.253 e. The summed E-state index contributed by atoms with van der Waals surface area (Å²) in [6.45, 7) is 4.58.